The Hall–Kier alpha value is -1.03. The molecule has 0 bridgehead atoms. The lowest BCUT2D eigenvalue weighted by Crippen LogP contribution is -2.27. The molecule has 0 fully saturated rings. The molecule has 0 aliphatic rings. The van der Waals surface area contributed by atoms with E-state index >= 15 is 0 Å². The zero-order valence-electron chi connectivity index (χ0n) is 10.1. The minimum atomic E-state index is -0.275. The molecule has 4 nitrogen and oxygen atoms in total. The minimum absolute atomic E-state index is 0.202. The van der Waals surface area contributed by atoms with Gasteiger partial charge in [0.05, 0.1) is 11.9 Å². The second kappa shape index (κ2) is 5.34. The molecule has 0 radical (unpaired) electrons. The molecule has 2 unspecified atom stereocenters. The molecule has 0 amide bonds. The van der Waals surface area contributed by atoms with Crippen LogP contribution in [0.3, 0.4) is 0 Å². The predicted molar refractivity (Wildman–Crippen MR) is 67.0 cm³/mol. The second-order valence-electron chi connectivity index (χ2n) is 4.12. The fraction of sp³-hybridized carbons (Fsp3) is 0.636. The molecule has 5 heteroatoms. The highest BCUT2D eigenvalue weighted by Gasteiger charge is 2.13. The third kappa shape index (κ3) is 2.76. The summed E-state index contributed by atoms with van der Waals surface area (Å²) in [6, 6.07) is 0.261. The SMILES string of the molecule is CCC(C)C(C)Nc1cnn(C)c(=O)c1Cl. The van der Waals surface area contributed by atoms with Crippen molar-refractivity contribution < 1.29 is 0 Å². The molecule has 0 aliphatic carbocycles. The van der Waals surface area contributed by atoms with Crippen LogP contribution in [0, 0.1) is 5.92 Å². The molecule has 0 aromatic carbocycles. The number of nitrogens with one attached hydrogen (secondary N) is 1. The van der Waals surface area contributed by atoms with Crippen molar-refractivity contribution in [2.24, 2.45) is 13.0 Å². The highest BCUT2D eigenvalue weighted by Crippen LogP contribution is 2.19. The summed E-state index contributed by atoms with van der Waals surface area (Å²) in [6.07, 6.45) is 2.66. The lowest BCUT2D eigenvalue weighted by atomic mass is 10.0. The topological polar surface area (TPSA) is 46.9 Å². The maximum Gasteiger partial charge on any atom is 0.287 e. The van der Waals surface area contributed by atoms with Crippen molar-refractivity contribution in [3.8, 4) is 0 Å². The van der Waals surface area contributed by atoms with E-state index in [0.717, 1.165) is 6.42 Å². The molecule has 1 aromatic heterocycles. The monoisotopic (exact) mass is 243 g/mol. The predicted octanol–water partition coefficient (Wildman–Crippen LogP) is 2.28. The first-order valence-corrected chi connectivity index (χ1v) is 5.83. The normalized spacial score (nSPS) is 14.6. The van der Waals surface area contributed by atoms with Gasteiger partial charge in [0.25, 0.3) is 5.56 Å². The number of rotatable bonds is 4. The van der Waals surface area contributed by atoms with E-state index in [9.17, 15) is 4.79 Å². The van der Waals surface area contributed by atoms with E-state index in [-0.39, 0.29) is 16.6 Å². The summed E-state index contributed by atoms with van der Waals surface area (Å²) < 4.78 is 1.22. The van der Waals surface area contributed by atoms with E-state index < -0.39 is 0 Å². The molecular weight excluding hydrogens is 226 g/mol. The quantitative estimate of drug-likeness (QED) is 0.883. The molecule has 1 rings (SSSR count). The van der Waals surface area contributed by atoms with E-state index in [1.54, 1.807) is 13.2 Å². The third-order valence-corrected chi connectivity index (χ3v) is 3.32. The highest BCUT2D eigenvalue weighted by molar-refractivity contribution is 6.32. The van der Waals surface area contributed by atoms with Gasteiger partial charge in [0.1, 0.15) is 5.02 Å². The highest BCUT2D eigenvalue weighted by atomic mass is 35.5. The van der Waals surface area contributed by atoms with Gasteiger partial charge < -0.3 is 5.32 Å². The maximum atomic E-state index is 11.5. The van der Waals surface area contributed by atoms with E-state index in [2.05, 4.69) is 31.2 Å². The van der Waals surface area contributed by atoms with Crippen LogP contribution >= 0.6 is 11.6 Å². The van der Waals surface area contributed by atoms with Crippen molar-refractivity contribution in [1.29, 1.82) is 0 Å². The van der Waals surface area contributed by atoms with Gasteiger partial charge in [0.2, 0.25) is 0 Å². The fourth-order valence-corrected chi connectivity index (χ4v) is 1.58. The summed E-state index contributed by atoms with van der Waals surface area (Å²) in [5.41, 5.74) is 0.334. The Morgan fingerprint density at radius 1 is 1.56 bits per heavy atom. The van der Waals surface area contributed by atoms with E-state index in [1.165, 1.54) is 4.68 Å². The van der Waals surface area contributed by atoms with Crippen LogP contribution in [-0.4, -0.2) is 15.8 Å². The van der Waals surface area contributed by atoms with Crippen LogP contribution in [0.1, 0.15) is 27.2 Å². The van der Waals surface area contributed by atoms with Crippen LogP contribution in [-0.2, 0) is 7.05 Å². The molecule has 0 spiro atoms. The van der Waals surface area contributed by atoms with Crippen LogP contribution in [0.5, 0.6) is 0 Å². The molecule has 1 aromatic rings. The second-order valence-corrected chi connectivity index (χ2v) is 4.50. The Morgan fingerprint density at radius 2 is 2.19 bits per heavy atom. The maximum absolute atomic E-state index is 11.5. The number of nitrogens with zero attached hydrogens (tertiary/aromatic N) is 2. The number of hydrogen-bond donors (Lipinski definition) is 1. The molecule has 2 atom stereocenters. The van der Waals surface area contributed by atoms with Crippen molar-refractivity contribution >= 4 is 17.3 Å². The molecule has 0 saturated heterocycles. The summed E-state index contributed by atoms with van der Waals surface area (Å²) in [6.45, 7) is 6.36. The number of anilines is 1. The lowest BCUT2D eigenvalue weighted by Gasteiger charge is -2.21. The van der Waals surface area contributed by atoms with Crippen molar-refractivity contribution in [2.75, 3.05) is 5.32 Å². The van der Waals surface area contributed by atoms with Crippen LogP contribution < -0.4 is 10.9 Å². The summed E-state index contributed by atoms with van der Waals surface area (Å²) in [7, 11) is 1.58. The number of aromatic nitrogens is 2. The average molecular weight is 244 g/mol. The first kappa shape index (κ1) is 13.0. The number of aryl methyl sites for hydroxylation is 1. The van der Waals surface area contributed by atoms with Crippen molar-refractivity contribution in [3.63, 3.8) is 0 Å². The van der Waals surface area contributed by atoms with Crippen LogP contribution in [0.2, 0.25) is 5.02 Å². The Balaban J connectivity index is 2.91. The van der Waals surface area contributed by atoms with Gasteiger partial charge in [-0.05, 0) is 12.8 Å². The minimum Gasteiger partial charge on any atom is -0.380 e. The molecule has 0 aliphatic heterocycles. The summed E-state index contributed by atoms with van der Waals surface area (Å²) in [4.78, 5) is 11.5. The van der Waals surface area contributed by atoms with Crippen molar-refractivity contribution in [2.45, 2.75) is 33.2 Å². The molecule has 1 N–H and O–H groups in total. The molecule has 0 saturated carbocycles. The summed E-state index contributed by atoms with van der Waals surface area (Å²) in [5.74, 6) is 0.514. The average Bonchev–Trinajstić information content (AvgIpc) is 2.28. The summed E-state index contributed by atoms with van der Waals surface area (Å²) >= 11 is 5.95. The third-order valence-electron chi connectivity index (χ3n) is 2.96. The van der Waals surface area contributed by atoms with Gasteiger partial charge in [-0.1, -0.05) is 31.9 Å². The lowest BCUT2D eigenvalue weighted by molar-refractivity contribution is 0.494. The van der Waals surface area contributed by atoms with Gasteiger partial charge in [-0.2, -0.15) is 5.10 Å². The Bertz CT molecular complexity index is 416. The van der Waals surface area contributed by atoms with E-state index in [1.807, 2.05) is 0 Å². The zero-order valence-corrected chi connectivity index (χ0v) is 10.9. The molecule has 90 valence electrons. The van der Waals surface area contributed by atoms with Crippen LogP contribution in [0.4, 0.5) is 5.69 Å². The van der Waals surface area contributed by atoms with Crippen LogP contribution in [0.25, 0.3) is 0 Å². The van der Waals surface area contributed by atoms with Gasteiger partial charge in [-0.15, -0.1) is 0 Å². The number of halogens is 1. The Morgan fingerprint density at radius 3 is 2.75 bits per heavy atom. The van der Waals surface area contributed by atoms with Crippen LogP contribution in [0.15, 0.2) is 11.0 Å². The van der Waals surface area contributed by atoms with Gasteiger partial charge in [-0.3, -0.25) is 4.79 Å². The van der Waals surface area contributed by atoms with Gasteiger partial charge in [0.15, 0.2) is 0 Å². The zero-order chi connectivity index (χ0) is 12.3. The van der Waals surface area contributed by atoms with E-state index in [0.29, 0.717) is 11.6 Å². The van der Waals surface area contributed by atoms with Gasteiger partial charge in [-0.25, -0.2) is 4.68 Å². The Labute approximate surface area is 101 Å². The molecule has 16 heavy (non-hydrogen) atoms. The van der Waals surface area contributed by atoms with Gasteiger partial charge >= 0.3 is 0 Å². The largest absolute Gasteiger partial charge is 0.380 e. The van der Waals surface area contributed by atoms with Crippen molar-refractivity contribution in [1.82, 2.24) is 9.78 Å². The molecule has 1 heterocycles. The number of hydrogen-bond acceptors (Lipinski definition) is 3. The summed E-state index contributed by atoms with van der Waals surface area (Å²) in [5, 5.41) is 7.36. The van der Waals surface area contributed by atoms with Gasteiger partial charge in [0, 0.05) is 13.1 Å². The Kier molecular flexibility index (Phi) is 4.35. The fourth-order valence-electron chi connectivity index (χ4n) is 1.35. The smallest absolute Gasteiger partial charge is 0.287 e. The van der Waals surface area contributed by atoms with E-state index in [4.69, 9.17) is 11.6 Å². The van der Waals surface area contributed by atoms with Crippen molar-refractivity contribution in [3.05, 3.63) is 21.6 Å². The molecular formula is C11H18ClN3O. The first-order chi connectivity index (χ1) is 7.47. The first-order valence-electron chi connectivity index (χ1n) is 5.45. The standard InChI is InChI=1S/C11H18ClN3O/c1-5-7(2)8(3)14-9-6-13-15(4)11(16)10(9)12/h6-8,14H,5H2,1-4H3.